The minimum absolute atomic E-state index is 0.0621. The molecule has 0 aliphatic rings. The van der Waals surface area contributed by atoms with E-state index in [9.17, 15) is 22.5 Å². The van der Waals surface area contributed by atoms with Crippen LogP contribution in [0.5, 0.6) is 11.5 Å². The highest BCUT2D eigenvalue weighted by Crippen LogP contribution is 2.36. The Balaban J connectivity index is 2.20. The number of hydrogen-bond acceptors (Lipinski definition) is 5. The topological polar surface area (TPSA) is 65.1 Å². The van der Waals surface area contributed by atoms with Crippen LogP contribution >= 0.6 is 8.18 Å². The van der Waals surface area contributed by atoms with Gasteiger partial charge in [-0.1, -0.05) is 18.2 Å². The number of nitrogens with zero attached hydrogens (tertiary/aromatic N) is 1. The zero-order chi connectivity index (χ0) is 21.6. The Bertz CT molecular complexity index is 828. The monoisotopic (exact) mass is 431 g/mol. The van der Waals surface area contributed by atoms with E-state index in [1.807, 2.05) is 0 Å². The molecule has 2 unspecified atom stereocenters. The van der Waals surface area contributed by atoms with Crippen molar-refractivity contribution in [2.75, 3.05) is 0 Å². The number of rotatable bonds is 8. The molecule has 0 aromatic heterocycles. The second kappa shape index (κ2) is 9.80. The van der Waals surface area contributed by atoms with Crippen LogP contribution in [0.25, 0.3) is 0 Å². The first-order chi connectivity index (χ1) is 13.6. The van der Waals surface area contributed by atoms with Crippen molar-refractivity contribution in [2.45, 2.75) is 39.1 Å². The summed E-state index contributed by atoms with van der Waals surface area (Å²) in [4.78, 5) is 18.7. The van der Waals surface area contributed by atoms with Gasteiger partial charge in [0.2, 0.25) is 0 Å². The fraction of sp³-hybridized carbons (Fsp3) is 0.316. The third kappa shape index (κ3) is 6.80. The van der Waals surface area contributed by atoms with Crippen molar-refractivity contribution in [2.24, 2.45) is 0 Å². The van der Waals surface area contributed by atoms with Gasteiger partial charge in [0.15, 0.2) is 6.04 Å². The van der Waals surface area contributed by atoms with Crippen LogP contribution < -0.4 is 9.36 Å². The van der Waals surface area contributed by atoms with Crippen LogP contribution in [-0.2, 0) is 20.3 Å². The number of benzene rings is 2. The first-order valence-corrected chi connectivity index (χ1v) is 9.96. The lowest BCUT2D eigenvalue weighted by molar-refractivity contribution is -0.158. The zero-order valence-electron chi connectivity index (χ0n) is 16.0. The van der Waals surface area contributed by atoms with Gasteiger partial charge in [0.1, 0.15) is 11.5 Å². The number of ether oxygens (including phenoxy) is 1. The second-order valence-corrected chi connectivity index (χ2v) is 7.46. The van der Waals surface area contributed by atoms with Gasteiger partial charge in [0, 0.05) is 0 Å². The van der Waals surface area contributed by atoms with Crippen molar-refractivity contribution in [3.63, 3.8) is 0 Å². The molecule has 0 aliphatic heterocycles. The molecule has 0 saturated heterocycles. The maximum atomic E-state index is 12.8. The molecule has 158 valence electrons. The largest absolute Gasteiger partial charge is 0.462 e. The summed E-state index contributed by atoms with van der Waals surface area (Å²) < 4.78 is 61.2. The van der Waals surface area contributed by atoms with E-state index in [-0.39, 0.29) is 5.75 Å². The van der Waals surface area contributed by atoms with E-state index in [4.69, 9.17) is 14.1 Å². The van der Waals surface area contributed by atoms with Crippen molar-refractivity contribution in [3.05, 3.63) is 60.2 Å². The molecule has 2 atom stereocenters. The molecular weight excluding hydrogens is 410 g/mol. The Kier molecular flexibility index (Phi) is 7.70. The van der Waals surface area contributed by atoms with Crippen LogP contribution in [0.4, 0.5) is 13.2 Å². The van der Waals surface area contributed by atoms with Gasteiger partial charge in [-0.05, 0) is 62.0 Å². The number of carbonyl (C=O) groups is 1. The molecule has 0 saturated carbocycles. The minimum atomic E-state index is -4.50. The third-order valence-electron chi connectivity index (χ3n) is 3.56. The fourth-order valence-electron chi connectivity index (χ4n) is 2.15. The van der Waals surface area contributed by atoms with Crippen LogP contribution in [0.15, 0.2) is 54.6 Å². The predicted octanol–water partition coefficient (Wildman–Crippen LogP) is 5.11. The van der Waals surface area contributed by atoms with Gasteiger partial charge in [-0.2, -0.15) is 13.2 Å². The van der Waals surface area contributed by atoms with Crippen LogP contribution in [0.2, 0.25) is 0 Å². The van der Waals surface area contributed by atoms with Gasteiger partial charge in [-0.25, -0.2) is 0 Å². The molecule has 2 aromatic rings. The van der Waals surface area contributed by atoms with Crippen LogP contribution in [0, 0.1) is 0 Å². The van der Waals surface area contributed by atoms with Crippen molar-refractivity contribution in [3.8, 4) is 11.5 Å². The summed E-state index contributed by atoms with van der Waals surface area (Å²) in [5.41, 5.74) is -0.865. The third-order valence-corrected chi connectivity index (χ3v) is 4.81. The van der Waals surface area contributed by atoms with E-state index in [0.717, 1.165) is 29.1 Å². The Morgan fingerprint density at radius 2 is 1.55 bits per heavy atom. The lowest BCUT2D eigenvalue weighted by Gasteiger charge is -2.26. The van der Waals surface area contributed by atoms with Crippen molar-refractivity contribution >= 4 is 14.1 Å². The number of alkyl halides is 3. The summed E-state index contributed by atoms with van der Waals surface area (Å²) in [6.45, 7) is 4.75. The number of halogens is 3. The Labute approximate surface area is 167 Å². The van der Waals surface area contributed by atoms with Gasteiger partial charge in [-0.3, -0.25) is 9.36 Å². The normalized spacial score (nSPS) is 13.8. The van der Waals surface area contributed by atoms with Gasteiger partial charge in [0.05, 0.1) is 11.7 Å². The molecule has 29 heavy (non-hydrogen) atoms. The molecule has 0 aliphatic carbocycles. The molecule has 0 heterocycles. The van der Waals surface area contributed by atoms with E-state index in [1.165, 1.54) is 6.92 Å². The summed E-state index contributed by atoms with van der Waals surface area (Å²) in [6.07, 6.45) is -4.90. The molecule has 0 bridgehead atoms. The number of carbonyl (C=O) groups excluding carboxylic acids is 1. The Morgan fingerprint density at radius 1 is 0.966 bits per heavy atom. The molecule has 0 N–H and O–H groups in total. The minimum Gasteiger partial charge on any atom is -0.462 e. The van der Waals surface area contributed by atoms with E-state index in [2.05, 4.69) is 0 Å². The van der Waals surface area contributed by atoms with E-state index in [1.54, 1.807) is 44.2 Å². The number of hydrogen-bond donors (Lipinski definition) is 0. The maximum absolute atomic E-state index is 12.8. The summed E-state index contributed by atoms with van der Waals surface area (Å²) in [6, 6.07) is 10.9. The number of esters is 1. The van der Waals surface area contributed by atoms with Gasteiger partial charge < -0.3 is 14.1 Å². The number of hydroxylamine groups is 1. The predicted molar refractivity (Wildman–Crippen MR) is 101 cm³/mol. The molecule has 0 amide bonds. The van der Waals surface area contributed by atoms with Crippen LogP contribution in [0.1, 0.15) is 26.3 Å². The van der Waals surface area contributed by atoms with E-state index < -0.39 is 38.0 Å². The summed E-state index contributed by atoms with van der Waals surface area (Å²) in [7, 11) is -3.23. The van der Waals surface area contributed by atoms with Gasteiger partial charge in [0.25, 0.3) is 0 Å². The van der Waals surface area contributed by atoms with Crippen molar-refractivity contribution in [1.29, 1.82) is 0 Å². The second-order valence-electron chi connectivity index (χ2n) is 6.28. The highest BCUT2D eigenvalue weighted by molar-refractivity contribution is 7.36. The zero-order valence-corrected chi connectivity index (χ0v) is 17.0. The standard InChI is InChI=1S/C19H21F3NO5P/c1-13(2)26-18(24)14(3)23(27-16-7-5-4-6-8-16)29(25)28-17-11-9-15(10-12-17)19(20,21)22/h4-14,29H,1-3H3. The van der Waals surface area contributed by atoms with Crippen molar-refractivity contribution in [1.82, 2.24) is 4.83 Å². The molecule has 0 fully saturated rings. The Hall–Kier alpha value is -2.51. The van der Waals surface area contributed by atoms with Crippen molar-refractivity contribution < 1.29 is 36.6 Å². The first kappa shape index (κ1) is 22.8. The van der Waals surface area contributed by atoms with Gasteiger partial charge in [-0.15, -0.1) is 0 Å². The fourth-order valence-corrected chi connectivity index (χ4v) is 3.18. The van der Waals surface area contributed by atoms with Gasteiger partial charge >= 0.3 is 20.3 Å². The van der Waals surface area contributed by atoms with E-state index >= 15 is 0 Å². The highest BCUT2D eigenvalue weighted by Gasteiger charge is 2.32. The quantitative estimate of drug-likeness (QED) is 0.329. The first-order valence-electron chi connectivity index (χ1n) is 8.69. The molecule has 6 nitrogen and oxygen atoms in total. The lowest BCUT2D eigenvalue weighted by atomic mass is 10.2. The average molecular weight is 431 g/mol. The molecular formula is C19H21F3NO5P. The molecule has 2 aromatic carbocycles. The average Bonchev–Trinajstić information content (AvgIpc) is 2.65. The summed E-state index contributed by atoms with van der Waals surface area (Å²) >= 11 is 0. The lowest BCUT2D eigenvalue weighted by Crippen LogP contribution is -2.39. The van der Waals surface area contributed by atoms with Crippen LogP contribution in [0.3, 0.4) is 0 Å². The molecule has 10 heteroatoms. The Morgan fingerprint density at radius 3 is 2.07 bits per heavy atom. The number of para-hydroxylation sites is 1. The molecule has 0 radical (unpaired) electrons. The molecule has 0 spiro atoms. The molecule has 2 rings (SSSR count). The summed E-state index contributed by atoms with van der Waals surface area (Å²) in [5, 5.41) is 0. The smallest absolute Gasteiger partial charge is 0.416 e. The SMILES string of the molecule is CC(C)OC(=O)C(C)N(Oc1ccccc1)[PH](=O)Oc1ccc(C(F)(F)F)cc1. The van der Waals surface area contributed by atoms with E-state index in [0.29, 0.717) is 5.75 Å². The maximum Gasteiger partial charge on any atom is 0.416 e. The summed E-state index contributed by atoms with van der Waals surface area (Å²) in [5.74, 6) is -0.454. The highest BCUT2D eigenvalue weighted by atomic mass is 31.1. The van der Waals surface area contributed by atoms with Crippen LogP contribution in [-0.4, -0.2) is 22.9 Å².